The molecule has 0 radical (unpaired) electrons. The van der Waals surface area contributed by atoms with E-state index >= 15 is 0 Å². The summed E-state index contributed by atoms with van der Waals surface area (Å²) < 4.78 is 26.4. The molecule has 2 aliphatic rings. The first-order valence-electron chi connectivity index (χ1n) is 18.8. The number of ether oxygens (including phenoxy) is 4. The molecule has 282 valence electrons. The van der Waals surface area contributed by atoms with Gasteiger partial charge in [0, 0.05) is 5.02 Å². The van der Waals surface area contributed by atoms with E-state index in [-0.39, 0.29) is 26.2 Å². The van der Waals surface area contributed by atoms with Crippen LogP contribution in [0.2, 0.25) is 5.02 Å². The fourth-order valence-electron chi connectivity index (χ4n) is 8.76. The van der Waals surface area contributed by atoms with E-state index in [4.69, 9.17) is 30.5 Å². The second kappa shape index (κ2) is 16.8. The van der Waals surface area contributed by atoms with Gasteiger partial charge in [0.15, 0.2) is 0 Å². The zero-order valence-electron chi connectivity index (χ0n) is 30.8. The van der Waals surface area contributed by atoms with Gasteiger partial charge in [-0.2, -0.15) is 0 Å². The molecule has 0 saturated heterocycles. The Balaban J connectivity index is 1.36. The summed E-state index contributed by atoms with van der Waals surface area (Å²) in [6.45, 7) is 4.83. The third-order valence-electron chi connectivity index (χ3n) is 11.4. The maximum absolute atomic E-state index is 13.0. The molecule has 0 spiro atoms. The van der Waals surface area contributed by atoms with Crippen molar-refractivity contribution in [2.24, 2.45) is 5.41 Å². The van der Waals surface area contributed by atoms with Crippen LogP contribution >= 0.6 is 11.6 Å². The largest absolute Gasteiger partial charge is 0.494 e. The van der Waals surface area contributed by atoms with E-state index in [2.05, 4.69) is 0 Å². The molecule has 0 unspecified atom stereocenters. The highest BCUT2D eigenvalue weighted by Gasteiger charge is 2.76. The average Bonchev–Trinajstić information content (AvgIpc) is 3.37. The molecule has 2 fully saturated rings. The Kier molecular flexibility index (Phi) is 11.9. The van der Waals surface area contributed by atoms with E-state index < -0.39 is 47.5 Å². The Bertz CT molecular complexity index is 1940. The van der Waals surface area contributed by atoms with Gasteiger partial charge in [0.1, 0.15) is 18.0 Å². The molecule has 2 saturated carbocycles. The van der Waals surface area contributed by atoms with Crippen molar-refractivity contribution in [1.29, 1.82) is 0 Å². The van der Waals surface area contributed by atoms with Gasteiger partial charge < -0.3 is 34.3 Å². The Hall–Kier alpha value is -4.05. The van der Waals surface area contributed by atoms with E-state index in [9.17, 15) is 15.3 Å². The molecule has 5 aromatic carbocycles. The minimum absolute atomic E-state index is 0.0541. The quantitative estimate of drug-likeness (QED) is 0.100. The minimum Gasteiger partial charge on any atom is -0.494 e. The van der Waals surface area contributed by atoms with E-state index in [1.165, 1.54) is 0 Å². The normalized spacial score (nSPS) is 26.7. The maximum Gasteiger partial charge on any atom is 0.119 e. The van der Waals surface area contributed by atoms with Crippen LogP contribution in [-0.4, -0.2) is 58.6 Å². The molecule has 0 amide bonds. The molecule has 3 N–H and O–H groups in total. The molecule has 8 heteroatoms. The average molecular weight is 749 g/mol. The van der Waals surface area contributed by atoms with Crippen LogP contribution in [0.5, 0.6) is 5.75 Å². The SMILES string of the molecule is CCOc1ccc(Cc2cc([C@@]34[C@H](O)C[C@]([C@@H](C)O)([C@H](OCc5ccccc5)[C@H](OCc5ccccc5)[C@@H]3OCc3ccccc3)[C@H]4O)ccc2Cl)cc1. The van der Waals surface area contributed by atoms with Crippen molar-refractivity contribution in [1.82, 2.24) is 0 Å². The van der Waals surface area contributed by atoms with Gasteiger partial charge in [-0.3, -0.25) is 0 Å². The first kappa shape index (κ1) is 38.2. The molecule has 2 aliphatic carbocycles. The lowest BCUT2D eigenvalue weighted by molar-refractivity contribution is -0.272. The summed E-state index contributed by atoms with van der Waals surface area (Å²) in [5.74, 6) is 0.790. The molecule has 0 aromatic heterocycles. The van der Waals surface area contributed by atoms with Gasteiger partial charge in [-0.25, -0.2) is 0 Å². The Morgan fingerprint density at radius 2 is 1.22 bits per heavy atom. The fourth-order valence-corrected chi connectivity index (χ4v) is 8.95. The van der Waals surface area contributed by atoms with Crippen molar-refractivity contribution >= 4 is 11.6 Å². The summed E-state index contributed by atoms with van der Waals surface area (Å²) in [5.41, 5.74) is 2.57. The number of fused-ring (bicyclic) bond motifs is 2. The highest BCUT2D eigenvalue weighted by Crippen LogP contribution is 2.63. The number of hydrogen-bond donors (Lipinski definition) is 3. The first-order chi connectivity index (χ1) is 26.3. The molecular formula is C46H49ClO7. The Labute approximate surface area is 323 Å². The van der Waals surface area contributed by atoms with Crippen LogP contribution < -0.4 is 4.74 Å². The molecular weight excluding hydrogens is 700 g/mol. The van der Waals surface area contributed by atoms with Gasteiger partial charge >= 0.3 is 0 Å². The Morgan fingerprint density at radius 1 is 0.685 bits per heavy atom. The van der Waals surface area contributed by atoms with Crippen LogP contribution in [0.3, 0.4) is 0 Å². The van der Waals surface area contributed by atoms with Gasteiger partial charge in [-0.1, -0.05) is 127 Å². The number of benzene rings is 5. The van der Waals surface area contributed by atoms with Gasteiger partial charge in [0.2, 0.25) is 0 Å². The topological polar surface area (TPSA) is 97.6 Å². The number of hydrogen-bond acceptors (Lipinski definition) is 7. The van der Waals surface area contributed by atoms with Crippen LogP contribution in [0.1, 0.15) is 53.6 Å². The number of aliphatic hydroxyl groups excluding tert-OH is 3. The van der Waals surface area contributed by atoms with Crippen LogP contribution in [0.15, 0.2) is 133 Å². The van der Waals surface area contributed by atoms with E-state index in [1.807, 2.05) is 140 Å². The van der Waals surface area contributed by atoms with Crippen molar-refractivity contribution in [3.63, 3.8) is 0 Å². The molecule has 5 aromatic rings. The lowest BCUT2D eigenvalue weighted by Crippen LogP contribution is -2.72. The molecule has 2 bridgehead atoms. The lowest BCUT2D eigenvalue weighted by Gasteiger charge is -2.57. The Morgan fingerprint density at radius 3 is 1.76 bits per heavy atom. The molecule has 8 atom stereocenters. The van der Waals surface area contributed by atoms with Gasteiger partial charge in [0.25, 0.3) is 0 Å². The summed E-state index contributed by atoms with van der Waals surface area (Å²) >= 11 is 6.90. The van der Waals surface area contributed by atoms with Crippen LogP contribution in [0.25, 0.3) is 0 Å². The van der Waals surface area contributed by atoms with Crippen molar-refractivity contribution < 1.29 is 34.3 Å². The number of aliphatic hydroxyl groups is 3. The summed E-state index contributed by atoms with van der Waals surface area (Å²) in [6, 6.07) is 43.1. The molecule has 0 heterocycles. The van der Waals surface area contributed by atoms with Crippen molar-refractivity contribution in [3.8, 4) is 5.75 Å². The van der Waals surface area contributed by atoms with Crippen LogP contribution in [-0.2, 0) is 45.9 Å². The van der Waals surface area contributed by atoms with Crippen molar-refractivity contribution in [2.45, 2.75) is 88.5 Å². The zero-order valence-corrected chi connectivity index (χ0v) is 31.5. The monoisotopic (exact) mass is 748 g/mol. The van der Waals surface area contributed by atoms with E-state index in [0.29, 0.717) is 23.6 Å². The van der Waals surface area contributed by atoms with Gasteiger partial charge in [-0.15, -0.1) is 0 Å². The first-order valence-corrected chi connectivity index (χ1v) is 19.2. The smallest absolute Gasteiger partial charge is 0.119 e. The third kappa shape index (κ3) is 7.35. The molecule has 54 heavy (non-hydrogen) atoms. The standard InChI is InChI=1S/C46H49ClO7/c1-3-51-38-22-19-32(20-23-38)25-36-26-37(21-24-39(36)47)46-40(49)27-45(31(2)48,44(46)50)42(53-29-34-15-9-5-10-16-34)41(52-28-33-13-7-4-8-14-33)43(46)54-30-35-17-11-6-12-18-35/h4-24,26,31,40-44,48-50H,3,25,27-30H2,1-2H3/t31-,40-,41+,42-,43+,44-,45+,46-/m1/s1. The highest BCUT2D eigenvalue weighted by atomic mass is 35.5. The van der Waals surface area contributed by atoms with E-state index in [0.717, 1.165) is 33.6 Å². The minimum atomic E-state index is -1.43. The summed E-state index contributed by atoms with van der Waals surface area (Å²) in [4.78, 5) is 0. The van der Waals surface area contributed by atoms with Gasteiger partial charge in [0.05, 0.1) is 61.7 Å². The third-order valence-corrected chi connectivity index (χ3v) is 11.8. The highest BCUT2D eigenvalue weighted by molar-refractivity contribution is 6.31. The van der Waals surface area contributed by atoms with Crippen LogP contribution in [0, 0.1) is 5.41 Å². The molecule has 7 nitrogen and oxygen atoms in total. The molecule has 7 rings (SSSR count). The summed E-state index contributed by atoms with van der Waals surface area (Å²) in [7, 11) is 0. The second-order valence-corrected chi connectivity index (χ2v) is 15.0. The lowest BCUT2D eigenvalue weighted by atomic mass is 9.57. The zero-order chi connectivity index (χ0) is 37.7. The number of rotatable bonds is 15. The fraction of sp³-hybridized carbons (Fsp3) is 0.348. The molecule has 0 aliphatic heterocycles. The predicted molar refractivity (Wildman–Crippen MR) is 209 cm³/mol. The second-order valence-electron chi connectivity index (χ2n) is 14.6. The van der Waals surface area contributed by atoms with Crippen molar-refractivity contribution in [2.75, 3.05) is 6.61 Å². The summed E-state index contributed by atoms with van der Waals surface area (Å²) in [5, 5.41) is 38.0. The predicted octanol–water partition coefficient (Wildman–Crippen LogP) is 7.83. The van der Waals surface area contributed by atoms with Crippen LogP contribution in [0.4, 0.5) is 0 Å². The van der Waals surface area contributed by atoms with Gasteiger partial charge in [-0.05, 0) is 78.3 Å². The maximum atomic E-state index is 13.0. The number of halogens is 1. The van der Waals surface area contributed by atoms with E-state index in [1.54, 1.807) is 6.92 Å². The summed E-state index contributed by atoms with van der Waals surface area (Å²) in [6.07, 6.45) is -5.56. The van der Waals surface area contributed by atoms with Crippen molar-refractivity contribution in [3.05, 3.63) is 172 Å².